The third-order valence-electron chi connectivity index (χ3n) is 3.89. The molecule has 0 aliphatic carbocycles. The summed E-state index contributed by atoms with van der Waals surface area (Å²) in [6.07, 6.45) is 1.27. The summed E-state index contributed by atoms with van der Waals surface area (Å²) in [6.45, 7) is 4.47. The summed E-state index contributed by atoms with van der Waals surface area (Å²) in [7, 11) is -3.43. The number of ether oxygens (including phenoxy) is 1. The highest BCUT2D eigenvalue weighted by atomic mass is 32.2. The molecule has 1 aliphatic rings. The maximum Gasteiger partial charge on any atom is 0.263 e. The van der Waals surface area contributed by atoms with E-state index in [1.807, 2.05) is 31.4 Å². The molecule has 0 radical (unpaired) electrons. The molecule has 2 aromatic rings. The lowest BCUT2D eigenvalue weighted by atomic mass is 10.3. The van der Waals surface area contributed by atoms with Crippen molar-refractivity contribution in [2.45, 2.75) is 26.1 Å². The van der Waals surface area contributed by atoms with Crippen LogP contribution in [0.4, 0.5) is 0 Å². The molecule has 26 heavy (non-hydrogen) atoms. The molecule has 1 amide bonds. The third-order valence-corrected chi connectivity index (χ3v) is 7.73. The van der Waals surface area contributed by atoms with Gasteiger partial charge in [0.25, 0.3) is 5.91 Å². The van der Waals surface area contributed by atoms with Gasteiger partial charge in [-0.05, 0) is 25.3 Å². The van der Waals surface area contributed by atoms with E-state index in [-0.39, 0.29) is 30.4 Å². The second-order valence-corrected chi connectivity index (χ2v) is 10.2. The summed E-state index contributed by atoms with van der Waals surface area (Å²) in [6, 6.07) is 3.88. The zero-order valence-electron chi connectivity index (χ0n) is 14.5. The van der Waals surface area contributed by atoms with Crippen LogP contribution in [-0.2, 0) is 14.8 Å². The van der Waals surface area contributed by atoms with Crippen LogP contribution in [0.2, 0.25) is 0 Å². The molecule has 1 N–H and O–H groups in total. The number of carbonyl (C=O) groups is 1. The SMILES string of the molecule is CC1CN(S(=O)(=O)CCNC(=O)c2cnc(-c3cccs3)s2)CC(C)O1. The van der Waals surface area contributed by atoms with Gasteiger partial charge in [-0.25, -0.2) is 13.4 Å². The largest absolute Gasteiger partial charge is 0.373 e. The average Bonchev–Trinajstić information content (AvgIpc) is 3.25. The van der Waals surface area contributed by atoms with Gasteiger partial charge in [-0.2, -0.15) is 4.31 Å². The van der Waals surface area contributed by atoms with Crippen LogP contribution in [0.5, 0.6) is 0 Å². The monoisotopic (exact) mass is 415 g/mol. The van der Waals surface area contributed by atoms with E-state index in [9.17, 15) is 13.2 Å². The molecule has 1 aliphatic heterocycles. The topological polar surface area (TPSA) is 88.6 Å². The lowest BCUT2D eigenvalue weighted by Crippen LogP contribution is -2.49. The molecular weight excluding hydrogens is 394 g/mol. The van der Waals surface area contributed by atoms with Crippen molar-refractivity contribution in [1.29, 1.82) is 0 Å². The first-order chi connectivity index (χ1) is 12.3. The summed E-state index contributed by atoms with van der Waals surface area (Å²) in [5, 5.41) is 5.41. The number of morpholine rings is 1. The van der Waals surface area contributed by atoms with E-state index < -0.39 is 10.0 Å². The minimum Gasteiger partial charge on any atom is -0.373 e. The predicted octanol–water partition coefficient (Wildman–Crippen LogP) is 2.04. The first kappa shape index (κ1) is 19.4. The van der Waals surface area contributed by atoms with Gasteiger partial charge in [0.1, 0.15) is 9.88 Å². The highest BCUT2D eigenvalue weighted by Gasteiger charge is 2.30. The molecule has 142 valence electrons. The molecule has 1 fully saturated rings. The minimum atomic E-state index is -3.43. The normalized spacial score (nSPS) is 21.6. The van der Waals surface area contributed by atoms with Gasteiger partial charge < -0.3 is 10.1 Å². The van der Waals surface area contributed by atoms with Gasteiger partial charge in [0, 0.05) is 19.6 Å². The smallest absolute Gasteiger partial charge is 0.263 e. The number of sulfonamides is 1. The summed E-state index contributed by atoms with van der Waals surface area (Å²) in [5.74, 6) is -0.432. The van der Waals surface area contributed by atoms with E-state index in [1.165, 1.54) is 21.8 Å². The van der Waals surface area contributed by atoms with Crippen LogP contribution in [0.3, 0.4) is 0 Å². The summed E-state index contributed by atoms with van der Waals surface area (Å²) < 4.78 is 31.9. The molecule has 1 saturated heterocycles. The summed E-state index contributed by atoms with van der Waals surface area (Å²) in [4.78, 5) is 18.0. The second kappa shape index (κ2) is 8.13. The average molecular weight is 416 g/mol. The molecule has 10 heteroatoms. The molecule has 7 nitrogen and oxygen atoms in total. The standard InChI is InChI=1S/C16H21N3O4S3/c1-11-9-19(10-12(2)23-11)26(21,22)7-5-17-15(20)14-8-18-16(25-14)13-4-3-6-24-13/h3-4,6,8,11-12H,5,7,9-10H2,1-2H3,(H,17,20). The predicted molar refractivity (Wildman–Crippen MR) is 103 cm³/mol. The fourth-order valence-electron chi connectivity index (χ4n) is 2.76. The Balaban J connectivity index is 1.53. The third kappa shape index (κ3) is 4.68. The Kier molecular flexibility index (Phi) is 6.08. The van der Waals surface area contributed by atoms with Crippen LogP contribution in [0.1, 0.15) is 23.5 Å². The second-order valence-electron chi connectivity index (χ2n) is 6.15. The number of carbonyl (C=O) groups excluding carboxylic acids is 1. The first-order valence-electron chi connectivity index (χ1n) is 8.26. The number of thiazole rings is 1. The van der Waals surface area contributed by atoms with Crippen molar-refractivity contribution >= 4 is 38.6 Å². The first-order valence-corrected chi connectivity index (χ1v) is 11.6. The molecule has 3 heterocycles. The van der Waals surface area contributed by atoms with E-state index in [0.29, 0.717) is 18.0 Å². The summed E-state index contributed by atoms with van der Waals surface area (Å²) >= 11 is 2.86. The van der Waals surface area contributed by atoms with Gasteiger partial charge in [-0.1, -0.05) is 6.07 Å². The number of nitrogens with zero attached hydrogens (tertiary/aromatic N) is 2. The van der Waals surface area contributed by atoms with Gasteiger partial charge >= 0.3 is 0 Å². The Labute approximate surface area is 161 Å². The van der Waals surface area contributed by atoms with Crippen molar-refractivity contribution in [1.82, 2.24) is 14.6 Å². The highest BCUT2D eigenvalue weighted by molar-refractivity contribution is 7.89. The molecular formula is C16H21N3O4S3. The quantitative estimate of drug-likeness (QED) is 0.780. The Hall–Kier alpha value is -1.33. The lowest BCUT2D eigenvalue weighted by molar-refractivity contribution is -0.0440. The van der Waals surface area contributed by atoms with Crippen LogP contribution in [-0.4, -0.2) is 61.2 Å². The van der Waals surface area contributed by atoms with Gasteiger partial charge in [-0.15, -0.1) is 22.7 Å². The molecule has 0 aromatic carbocycles. The Morgan fingerprint density at radius 1 is 1.38 bits per heavy atom. The van der Waals surface area contributed by atoms with Crippen LogP contribution in [0.25, 0.3) is 9.88 Å². The lowest BCUT2D eigenvalue weighted by Gasteiger charge is -2.34. The van der Waals surface area contributed by atoms with Gasteiger partial charge in [0.15, 0.2) is 0 Å². The number of amides is 1. The molecule has 2 aromatic heterocycles. The fourth-order valence-corrected chi connectivity index (χ4v) is 5.89. The molecule has 2 unspecified atom stereocenters. The number of aromatic nitrogens is 1. The summed E-state index contributed by atoms with van der Waals surface area (Å²) in [5.41, 5.74) is 0. The Morgan fingerprint density at radius 3 is 2.77 bits per heavy atom. The molecule has 0 spiro atoms. The number of hydrogen-bond donors (Lipinski definition) is 1. The van der Waals surface area contributed by atoms with E-state index in [0.717, 1.165) is 9.88 Å². The van der Waals surface area contributed by atoms with Crippen molar-refractivity contribution in [3.8, 4) is 9.88 Å². The van der Waals surface area contributed by atoms with Crippen LogP contribution >= 0.6 is 22.7 Å². The van der Waals surface area contributed by atoms with Gasteiger partial charge in [0.2, 0.25) is 10.0 Å². The molecule has 0 bridgehead atoms. The van der Waals surface area contributed by atoms with Crippen molar-refractivity contribution in [2.75, 3.05) is 25.4 Å². The van der Waals surface area contributed by atoms with Crippen molar-refractivity contribution in [3.63, 3.8) is 0 Å². The number of nitrogens with one attached hydrogen (secondary N) is 1. The molecule has 3 rings (SSSR count). The van der Waals surface area contributed by atoms with Crippen LogP contribution in [0, 0.1) is 0 Å². The van der Waals surface area contributed by atoms with E-state index in [4.69, 9.17) is 4.74 Å². The molecule has 2 atom stereocenters. The Morgan fingerprint density at radius 2 is 2.12 bits per heavy atom. The number of hydrogen-bond acceptors (Lipinski definition) is 7. The van der Waals surface area contributed by atoms with Crippen molar-refractivity contribution in [2.24, 2.45) is 0 Å². The van der Waals surface area contributed by atoms with Crippen LogP contribution < -0.4 is 5.32 Å². The highest BCUT2D eigenvalue weighted by Crippen LogP contribution is 2.28. The van der Waals surface area contributed by atoms with Crippen molar-refractivity contribution in [3.05, 3.63) is 28.6 Å². The van der Waals surface area contributed by atoms with Crippen LogP contribution in [0.15, 0.2) is 23.7 Å². The number of rotatable bonds is 6. The fraction of sp³-hybridized carbons (Fsp3) is 0.500. The maximum atomic E-state index is 12.5. The zero-order chi connectivity index (χ0) is 18.7. The van der Waals surface area contributed by atoms with Crippen molar-refractivity contribution < 1.29 is 17.9 Å². The van der Waals surface area contributed by atoms with Gasteiger partial charge in [-0.3, -0.25) is 4.79 Å². The zero-order valence-corrected chi connectivity index (χ0v) is 17.0. The Bertz CT molecular complexity index is 838. The van der Waals surface area contributed by atoms with E-state index in [2.05, 4.69) is 10.3 Å². The minimum absolute atomic E-state index is 0.0630. The maximum absolute atomic E-state index is 12.5. The van der Waals surface area contributed by atoms with Gasteiger partial charge in [0.05, 0.1) is 29.0 Å². The molecule has 0 saturated carbocycles. The number of thiophene rings is 1. The van der Waals surface area contributed by atoms with E-state index >= 15 is 0 Å². The van der Waals surface area contributed by atoms with E-state index in [1.54, 1.807) is 11.3 Å².